The SMILES string of the molecule is N#Cc1ccc2c(c1)nc(N1CC[C@@H](F)[C@H](N)C1)n2Cc1ncc(Cl)cn1. The van der Waals surface area contributed by atoms with Crippen LogP contribution in [0.1, 0.15) is 17.8 Å². The van der Waals surface area contributed by atoms with Gasteiger partial charge >= 0.3 is 0 Å². The number of halogens is 2. The second kappa shape index (κ2) is 7.10. The number of fused-ring (bicyclic) bond motifs is 1. The van der Waals surface area contributed by atoms with E-state index in [0.29, 0.717) is 53.9 Å². The number of nitrogens with zero attached hydrogens (tertiary/aromatic N) is 6. The Balaban J connectivity index is 1.78. The maximum absolute atomic E-state index is 13.8. The fourth-order valence-electron chi connectivity index (χ4n) is 3.28. The second-order valence-corrected chi connectivity index (χ2v) is 6.98. The maximum Gasteiger partial charge on any atom is 0.207 e. The number of anilines is 1. The smallest absolute Gasteiger partial charge is 0.207 e. The monoisotopic (exact) mass is 385 g/mol. The van der Waals surface area contributed by atoms with Crippen molar-refractivity contribution in [1.82, 2.24) is 19.5 Å². The molecule has 0 aliphatic carbocycles. The van der Waals surface area contributed by atoms with Crippen LogP contribution < -0.4 is 10.6 Å². The highest BCUT2D eigenvalue weighted by molar-refractivity contribution is 6.30. The van der Waals surface area contributed by atoms with E-state index in [-0.39, 0.29) is 0 Å². The molecule has 1 aliphatic rings. The van der Waals surface area contributed by atoms with Gasteiger partial charge < -0.3 is 15.2 Å². The topological polar surface area (TPSA) is 96.7 Å². The number of rotatable bonds is 3. The number of hydrogen-bond donors (Lipinski definition) is 1. The number of nitriles is 1. The van der Waals surface area contributed by atoms with Crippen molar-refractivity contribution in [2.45, 2.75) is 25.2 Å². The molecule has 0 spiro atoms. The van der Waals surface area contributed by atoms with Gasteiger partial charge in [-0.15, -0.1) is 0 Å². The number of nitrogens with two attached hydrogens (primary N) is 1. The van der Waals surface area contributed by atoms with E-state index in [0.717, 1.165) is 5.52 Å². The largest absolute Gasteiger partial charge is 0.340 e. The summed E-state index contributed by atoms with van der Waals surface area (Å²) in [5, 5.41) is 9.62. The van der Waals surface area contributed by atoms with E-state index >= 15 is 0 Å². The molecule has 1 fully saturated rings. The number of alkyl halides is 1. The van der Waals surface area contributed by atoms with Crippen molar-refractivity contribution in [3.05, 3.63) is 47.0 Å². The van der Waals surface area contributed by atoms with E-state index in [9.17, 15) is 4.39 Å². The molecule has 7 nitrogen and oxygen atoms in total. The number of aromatic nitrogens is 4. The van der Waals surface area contributed by atoms with Crippen LogP contribution in [0.4, 0.5) is 10.3 Å². The van der Waals surface area contributed by atoms with Crippen molar-refractivity contribution in [3.8, 4) is 6.07 Å². The molecule has 2 aromatic heterocycles. The Bertz CT molecular complexity index is 1010. The summed E-state index contributed by atoms with van der Waals surface area (Å²) in [4.78, 5) is 15.2. The Kier molecular flexibility index (Phi) is 4.64. The summed E-state index contributed by atoms with van der Waals surface area (Å²) in [7, 11) is 0. The lowest BCUT2D eigenvalue weighted by Gasteiger charge is -2.34. The zero-order chi connectivity index (χ0) is 19.0. The molecule has 138 valence electrons. The molecule has 0 bridgehead atoms. The van der Waals surface area contributed by atoms with E-state index < -0.39 is 12.2 Å². The number of hydrogen-bond acceptors (Lipinski definition) is 6. The lowest BCUT2D eigenvalue weighted by atomic mass is 10.1. The van der Waals surface area contributed by atoms with Gasteiger partial charge in [-0.2, -0.15) is 5.26 Å². The molecule has 1 aromatic carbocycles. The van der Waals surface area contributed by atoms with Crippen molar-refractivity contribution in [1.29, 1.82) is 5.26 Å². The first kappa shape index (κ1) is 17.6. The molecule has 1 aliphatic heterocycles. The highest BCUT2D eigenvalue weighted by Crippen LogP contribution is 2.27. The van der Waals surface area contributed by atoms with Gasteiger partial charge in [0.1, 0.15) is 12.0 Å². The first-order valence-corrected chi connectivity index (χ1v) is 8.94. The van der Waals surface area contributed by atoms with Crippen molar-refractivity contribution in [2.24, 2.45) is 5.73 Å². The zero-order valence-electron chi connectivity index (χ0n) is 14.4. The summed E-state index contributed by atoms with van der Waals surface area (Å²) in [5.74, 6) is 1.25. The number of imidazole rings is 1. The average Bonchev–Trinajstić information content (AvgIpc) is 3.03. The molecule has 3 aromatic rings. The minimum absolute atomic E-state index is 0.352. The second-order valence-electron chi connectivity index (χ2n) is 6.55. The van der Waals surface area contributed by atoms with Gasteiger partial charge in [-0.3, -0.25) is 0 Å². The fraction of sp³-hybridized carbons (Fsp3) is 0.333. The Labute approximate surface area is 160 Å². The van der Waals surface area contributed by atoms with Crippen LogP contribution in [0.15, 0.2) is 30.6 Å². The van der Waals surface area contributed by atoms with Gasteiger partial charge in [0.2, 0.25) is 5.95 Å². The van der Waals surface area contributed by atoms with Crippen LogP contribution in [0, 0.1) is 11.3 Å². The van der Waals surface area contributed by atoms with E-state index in [4.69, 9.17) is 27.6 Å². The molecular weight excluding hydrogens is 369 g/mol. The Hall–Kier alpha value is -2.76. The molecule has 3 heterocycles. The van der Waals surface area contributed by atoms with Crippen LogP contribution in [-0.4, -0.2) is 44.8 Å². The van der Waals surface area contributed by atoms with Gasteiger partial charge in [-0.05, 0) is 24.6 Å². The molecule has 9 heteroatoms. The predicted molar refractivity (Wildman–Crippen MR) is 100 cm³/mol. The summed E-state index contributed by atoms with van der Waals surface area (Å²) < 4.78 is 15.8. The lowest BCUT2D eigenvalue weighted by molar-refractivity contribution is 0.243. The van der Waals surface area contributed by atoms with E-state index in [1.165, 1.54) is 0 Å². The van der Waals surface area contributed by atoms with Crippen molar-refractivity contribution in [2.75, 3.05) is 18.0 Å². The molecule has 27 heavy (non-hydrogen) atoms. The minimum atomic E-state index is -1.01. The molecule has 4 rings (SSSR count). The van der Waals surface area contributed by atoms with Crippen molar-refractivity contribution >= 4 is 28.6 Å². The molecule has 0 radical (unpaired) electrons. The highest BCUT2D eigenvalue weighted by Gasteiger charge is 2.29. The first-order valence-electron chi connectivity index (χ1n) is 8.56. The molecule has 2 atom stereocenters. The summed E-state index contributed by atoms with van der Waals surface area (Å²) >= 11 is 5.87. The van der Waals surface area contributed by atoms with Gasteiger partial charge in [0.25, 0.3) is 0 Å². The first-order chi connectivity index (χ1) is 13.0. The van der Waals surface area contributed by atoms with Crippen LogP contribution in [0.5, 0.6) is 0 Å². The Morgan fingerprint density at radius 2 is 2.11 bits per heavy atom. The molecule has 1 saturated heterocycles. The third-order valence-electron chi connectivity index (χ3n) is 4.68. The van der Waals surface area contributed by atoms with Crippen molar-refractivity contribution < 1.29 is 4.39 Å². The molecular formula is C18H17ClFN7. The van der Waals surface area contributed by atoms with Crippen molar-refractivity contribution in [3.63, 3.8) is 0 Å². The highest BCUT2D eigenvalue weighted by atomic mass is 35.5. The summed E-state index contributed by atoms with van der Waals surface area (Å²) in [6.07, 6.45) is 2.43. The van der Waals surface area contributed by atoms with E-state index in [1.807, 2.05) is 15.5 Å². The molecule has 0 amide bonds. The Morgan fingerprint density at radius 1 is 1.33 bits per heavy atom. The van der Waals surface area contributed by atoms with Gasteiger partial charge in [0.05, 0.1) is 40.3 Å². The standard InChI is InChI=1S/C18H17ClFN7/c19-12-7-23-17(24-8-12)10-27-16-2-1-11(6-21)5-15(16)25-18(27)26-4-3-13(20)14(22)9-26/h1-2,5,7-8,13-14H,3-4,9-10,22H2/t13-,14-/m1/s1. The molecule has 0 unspecified atom stereocenters. The van der Waals surface area contributed by atoms with Gasteiger partial charge in [-0.1, -0.05) is 11.6 Å². The normalized spacial score (nSPS) is 20.0. The van der Waals surface area contributed by atoms with Crippen LogP contribution in [-0.2, 0) is 6.54 Å². The van der Waals surface area contributed by atoms with E-state index in [1.54, 1.807) is 24.5 Å². The van der Waals surface area contributed by atoms with Crippen LogP contribution in [0.3, 0.4) is 0 Å². The average molecular weight is 386 g/mol. The number of piperidine rings is 1. The van der Waals surface area contributed by atoms with Gasteiger partial charge in [0, 0.05) is 25.5 Å². The molecule has 2 N–H and O–H groups in total. The third-order valence-corrected chi connectivity index (χ3v) is 4.88. The van der Waals surface area contributed by atoms with Gasteiger partial charge in [-0.25, -0.2) is 19.3 Å². The fourth-order valence-corrected chi connectivity index (χ4v) is 3.38. The quantitative estimate of drug-likeness (QED) is 0.742. The lowest BCUT2D eigenvalue weighted by Crippen LogP contribution is -2.50. The third kappa shape index (κ3) is 3.44. The van der Waals surface area contributed by atoms with Gasteiger partial charge in [0.15, 0.2) is 0 Å². The number of benzene rings is 1. The Morgan fingerprint density at radius 3 is 2.81 bits per heavy atom. The van der Waals surface area contributed by atoms with Crippen LogP contribution in [0.25, 0.3) is 11.0 Å². The summed E-state index contributed by atoms with van der Waals surface area (Å²) in [6.45, 7) is 1.27. The van der Waals surface area contributed by atoms with E-state index in [2.05, 4.69) is 16.0 Å². The minimum Gasteiger partial charge on any atom is -0.340 e. The predicted octanol–water partition coefficient (Wildman–Crippen LogP) is 2.28. The van der Waals surface area contributed by atoms with Crippen LogP contribution >= 0.6 is 11.6 Å². The summed E-state index contributed by atoms with van der Waals surface area (Å²) in [6, 6.07) is 6.89. The molecule has 0 saturated carbocycles. The van der Waals surface area contributed by atoms with Crippen LogP contribution in [0.2, 0.25) is 5.02 Å². The maximum atomic E-state index is 13.8. The summed E-state index contributed by atoms with van der Waals surface area (Å²) in [5.41, 5.74) is 7.99. The zero-order valence-corrected chi connectivity index (χ0v) is 15.1.